The molecule has 4 rings (SSSR count). The molecule has 2 heterocycles. The predicted molar refractivity (Wildman–Crippen MR) is 148 cm³/mol. The molecule has 15 heteroatoms. The summed E-state index contributed by atoms with van der Waals surface area (Å²) < 4.78 is 75.7. The van der Waals surface area contributed by atoms with Crippen molar-refractivity contribution in [2.75, 3.05) is 67.5 Å². The van der Waals surface area contributed by atoms with E-state index in [1.54, 1.807) is 23.1 Å². The summed E-state index contributed by atoms with van der Waals surface area (Å²) in [7, 11) is -3.13. The summed E-state index contributed by atoms with van der Waals surface area (Å²) in [5.41, 5.74) is 1.14. The quantitative estimate of drug-likeness (QED) is 0.458. The number of halogens is 5. The van der Waals surface area contributed by atoms with Gasteiger partial charge in [-0.1, -0.05) is 17.7 Å². The van der Waals surface area contributed by atoms with E-state index in [0.717, 1.165) is 6.07 Å². The third kappa shape index (κ3) is 8.69. The molecular formula is C26H30ClF4N5O4S. The maximum atomic E-state index is 14.9. The number of nitrogens with one attached hydrogen (secondary N) is 2. The second-order valence-electron chi connectivity index (χ2n) is 9.92. The molecule has 2 saturated heterocycles. The van der Waals surface area contributed by atoms with E-state index >= 15 is 0 Å². The average Bonchev–Trinajstić information content (AvgIpc) is 2.91. The van der Waals surface area contributed by atoms with Crippen molar-refractivity contribution in [3.63, 3.8) is 0 Å². The first-order valence-electron chi connectivity index (χ1n) is 13.0. The van der Waals surface area contributed by atoms with Gasteiger partial charge in [0.15, 0.2) is 9.84 Å². The molecule has 3 amide bonds. The Morgan fingerprint density at radius 1 is 0.951 bits per heavy atom. The molecule has 0 saturated carbocycles. The first-order valence-corrected chi connectivity index (χ1v) is 15.2. The molecule has 2 aromatic carbocycles. The molecule has 2 aromatic rings. The SMILES string of the molecule is O=C(Nc1ccc(Cl)cc1N1CCN(CCC(F)(F)F)CC1)c1ccc(CNC(=O)N2CCS(=O)(=O)CC2)cc1F. The Hall–Kier alpha value is -3.10. The smallest absolute Gasteiger partial charge is 0.367 e. The Balaban J connectivity index is 1.35. The largest absolute Gasteiger partial charge is 0.390 e. The summed E-state index contributed by atoms with van der Waals surface area (Å²) in [6.45, 7) is 1.71. The molecule has 2 aliphatic rings. The van der Waals surface area contributed by atoms with Crippen LogP contribution in [0.5, 0.6) is 0 Å². The van der Waals surface area contributed by atoms with Crippen molar-refractivity contribution in [3.05, 3.63) is 58.4 Å². The van der Waals surface area contributed by atoms with E-state index < -0.39 is 40.2 Å². The van der Waals surface area contributed by atoms with Gasteiger partial charge >= 0.3 is 12.2 Å². The zero-order valence-electron chi connectivity index (χ0n) is 22.0. The van der Waals surface area contributed by atoms with Crippen LogP contribution in [-0.2, 0) is 16.4 Å². The second-order valence-corrected chi connectivity index (χ2v) is 12.7. The minimum Gasteiger partial charge on any atom is -0.367 e. The number of rotatable bonds is 7. The van der Waals surface area contributed by atoms with Gasteiger partial charge in [-0.05, 0) is 35.9 Å². The molecule has 0 atom stereocenters. The van der Waals surface area contributed by atoms with Crippen molar-refractivity contribution in [1.29, 1.82) is 0 Å². The number of alkyl halides is 3. The molecular weight excluding hydrogens is 590 g/mol. The molecule has 0 aliphatic carbocycles. The fourth-order valence-corrected chi connectivity index (χ4v) is 5.98. The van der Waals surface area contributed by atoms with Crippen LogP contribution in [0.25, 0.3) is 0 Å². The lowest BCUT2D eigenvalue weighted by Crippen LogP contribution is -2.47. The van der Waals surface area contributed by atoms with E-state index in [-0.39, 0.29) is 43.2 Å². The van der Waals surface area contributed by atoms with Gasteiger partial charge in [0.2, 0.25) is 0 Å². The monoisotopic (exact) mass is 619 g/mol. The van der Waals surface area contributed by atoms with Crippen LogP contribution < -0.4 is 15.5 Å². The molecule has 0 aromatic heterocycles. The predicted octanol–water partition coefficient (Wildman–Crippen LogP) is 3.75. The van der Waals surface area contributed by atoms with Crippen LogP contribution in [0.3, 0.4) is 0 Å². The lowest BCUT2D eigenvalue weighted by atomic mass is 10.1. The van der Waals surface area contributed by atoms with Gasteiger partial charge in [-0.25, -0.2) is 17.6 Å². The number of carbonyl (C=O) groups excluding carboxylic acids is 2. The van der Waals surface area contributed by atoms with E-state index in [1.807, 2.05) is 4.90 Å². The maximum absolute atomic E-state index is 14.9. The third-order valence-corrected chi connectivity index (χ3v) is 8.83. The van der Waals surface area contributed by atoms with Gasteiger partial charge < -0.3 is 20.4 Å². The van der Waals surface area contributed by atoms with Gasteiger partial charge in [-0.3, -0.25) is 9.69 Å². The maximum Gasteiger partial charge on any atom is 0.390 e. The number of sulfone groups is 1. The van der Waals surface area contributed by atoms with Gasteiger partial charge in [0.25, 0.3) is 5.91 Å². The van der Waals surface area contributed by atoms with E-state index in [9.17, 15) is 35.6 Å². The normalized spacial score (nSPS) is 17.8. The van der Waals surface area contributed by atoms with Crippen molar-refractivity contribution < 1.29 is 35.6 Å². The van der Waals surface area contributed by atoms with E-state index in [1.165, 1.54) is 17.0 Å². The van der Waals surface area contributed by atoms with Gasteiger partial charge in [0, 0.05) is 57.4 Å². The average molecular weight is 620 g/mol. The Morgan fingerprint density at radius 2 is 1.63 bits per heavy atom. The third-order valence-electron chi connectivity index (χ3n) is 6.99. The number of hydrogen-bond acceptors (Lipinski definition) is 6. The highest BCUT2D eigenvalue weighted by Crippen LogP contribution is 2.31. The number of urea groups is 1. The molecule has 2 N–H and O–H groups in total. The highest BCUT2D eigenvalue weighted by atomic mass is 35.5. The summed E-state index contributed by atoms with van der Waals surface area (Å²) in [5, 5.41) is 5.73. The highest BCUT2D eigenvalue weighted by molar-refractivity contribution is 7.91. The summed E-state index contributed by atoms with van der Waals surface area (Å²) in [5.74, 6) is -1.72. The Kier molecular flexibility index (Phi) is 9.65. The Bertz CT molecular complexity index is 1370. The van der Waals surface area contributed by atoms with Crippen LogP contribution in [-0.4, -0.2) is 93.7 Å². The zero-order valence-corrected chi connectivity index (χ0v) is 23.6. The van der Waals surface area contributed by atoms with Gasteiger partial charge in [0.1, 0.15) is 5.82 Å². The van der Waals surface area contributed by atoms with Gasteiger partial charge in [-0.15, -0.1) is 0 Å². The fourth-order valence-electron chi connectivity index (χ4n) is 4.62. The summed E-state index contributed by atoms with van der Waals surface area (Å²) in [6.07, 6.45) is -5.10. The Labute approximate surface area is 240 Å². The lowest BCUT2D eigenvalue weighted by Gasteiger charge is -2.37. The molecule has 0 unspecified atom stereocenters. The van der Waals surface area contributed by atoms with E-state index in [2.05, 4.69) is 10.6 Å². The standard InChI is InChI=1S/C26H30ClF4N5O4S/c27-19-2-4-22(23(16-19)35-9-7-34(8-10-35)6-5-26(29,30)31)33-24(37)20-3-1-18(15-21(20)28)17-32-25(38)36-11-13-41(39,40)14-12-36/h1-4,15-16H,5-14,17H2,(H,32,38)(H,33,37). The number of hydrogen-bond donors (Lipinski definition) is 2. The molecule has 2 fully saturated rings. The first-order chi connectivity index (χ1) is 19.3. The Morgan fingerprint density at radius 3 is 2.27 bits per heavy atom. The molecule has 2 aliphatic heterocycles. The van der Waals surface area contributed by atoms with Crippen LogP contribution in [0.15, 0.2) is 36.4 Å². The molecule has 0 spiro atoms. The van der Waals surface area contributed by atoms with Crippen molar-refractivity contribution in [1.82, 2.24) is 15.1 Å². The van der Waals surface area contributed by atoms with Crippen molar-refractivity contribution >= 4 is 44.8 Å². The van der Waals surface area contributed by atoms with Crippen LogP contribution in [0.2, 0.25) is 5.02 Å². The number of nitrogens with zero attached hydrogens (tertiary/aromatic N) is 3. The summed E-state index contributed by atoms with van der Waals surface area (Å²) in [4.78, 5) is 30.3. The molecule has 41 heavy (non-hydrogen) atoms. The number of piperazine rings is 1. The molecule has 0 bridgehead atoms. The highest BCUT2D eigenvalue weighted by Gasteiger charge is 2.29. The number of anilines is 2. The van der Waals surface area contributed by atoms with Crippen LogP contribution in [0, 0.1) is 5.82 Å². The molecule has 224 valence electrons. The van der Waals surface area contributed by atoms with Crippen molar-refractivity contribution in [3.8, 4) is 0 Å². The van der Waals surface area contributed by atoms with E-state index in [4.69, 9.17) is 11.6 Å². The molecule has 9 nitrogen and oxygen atoms in total. The van der Waals surface area contributed by atoms with Crippen molar-refractivity contribution in [2.24, 2.45) is 0 Å². The fraction of sp³-hybridized carbons (Fsp3) is 0.462. The van der Waals surface area contributed by atoms with E-state index in [0.29, 0.717) is 48.1 Å². The van der Waals surface area contributed by atoms with Gasteiger partial charge in [-0.2, -0.15) is 13.2 Å². The number of benzene rings is 2. The summed E-state index contributed by atoms with van der Waals surface area (Å²) >= 11 is 6.18. The minimum atomic E-state index is -4.22. The second kappa shape index (κ2) is 12.8. The molecule has 0 radical (unpaired) electrons. The number of amides is 3. The van der Waals surface area contributed by atoms with Crippen LogP contribution in [0.1, 0.15) is 22.3 Å². The van der Waals surface area contributed by atoms with Crippen LogP contribution in [0.4, 0.5) is 33.7 Å². The topological polar surface area (TPSA) is 102 Å². The van der Waals surface area contributed by atoms with Gasteiger partial charge in [0.05, 0.1) is 34.9 Å². The van der Waals surface area contributed by atoms with Crippen molar-refractivity contribution in [2.45, 2.75) is 19.1 Å². The lowest BCUT2D eigenvalue weighted by molar-refractivity contribution is -0.138. The summed E-state index contributed by atoms with van der Waals surface area (Å²) in [6, 6.07) is 8.27. The zero-order chi connectivity index (χ0) is 29.8. The first kappa shape index (κ1) is 30.8. The number of carbonyl (C=O) groups is 2. The van der Waals surface area contributed by atoms with Crippen LogP contribution >= 0.6 is 11.6 Å². The minimum absolute atomic E-state index is 0.0167.